The lowest BCUT2D eigenvalue weighted by atomic mass is 9.78. The average molecular weight is 859 g/mol. The molecule has 0 saturated carbocycles. The number of allylic oxidation sites excluding steroid dienone is 2. The fourth-order valence-electron chi connectivity index (χ4n) is 7.73. The molecule has 3 aliphatic rings. The first-order valence-electron chi connectivity index (χ1n) is 19.9. The number of rotatable bonds is 5. The molecule has 3 aliphatic heterocycles. The van der Waals surface area contributed by atoms with E-state index < -0.39 is 106 Å². The molecule has 6 rings (SSSR count). The molecule has 0 aliphatic carbocycles. The van der Waals surface area contributed by atoms with Gasteiger partial charge in [-0.2, -0.15) is 5.10 Å². The number of phenolic OH excluding ortho intramolecular Hbond substituents is 3. The first-order chi connectivity index (χ1) is 29.1. The summed E-state index contributed by atoms with van der Waals surface area (Å²) in [5, 5.41) is 64.0. The van der Waals surface area contributed by atoms with Gasteiger partial charge in [0.2, 0.25) is 0 Å². The second-order valence-electron chi connectivity index (χ2n) is 15.9. The van der Waals surface area contributed by atoms with Gasteiger partial charge in [0.15, 0.2) is 5.75 Å². The first kappa shape index (κ1) is 46.6. The van der Waals surface area contributed by atoms with Gasteiger partial charge in [-0.15, -0.1) is 0 Å². The smallest absolute Gasteiger partial charge is 0.312 e. The minimum absolute atomic E-state index is 0.0151. The van der Waals surface area contributed by atoms with Gasteiger partial charge in [0.25, 0.3) is 17.6 Å². The number of nitrogens with zero attached hydrogens (tertiary/aromatic N) is 1. The zero-order chi connectivity index (χ0) is 46.0. The number of Topliss-reactive ketones (excluding diaryl/α,β-unsaturated/α-hetero) is 1. The number of fused-ring (bicyclic) bond motifs is 14. The van der Waals surface area contributed by atoms with E-state index in [1.807, 2.05) is 0 Å². The van der Waals surface area contributed by atoms with Crippen LogP contribution in [-0.2, 0) is 23.8 Å². The second-order valence-corrected chi connectivity index (χ2v) is 15.9. The number of carbonyl (C=O) groups is 4. The van der Waals surface area contributed by atoms with Crippen LogP contribution in [0.25, 0.3) is 10.8 Å². The van der Waals surface area contributed by atoms with Crippen LogP contribution in [0.4, 0.5) is 11.4 Å². The summed E-state index contributed by atoms with van der Waals surface area (Å²) in [5.74, 6) is -9.93. The summed E-state index contributed by atoms with van der Waals surface area (Å²) in [5.41, 5.74) is 7.63. The standard InChI is InChI=1S/C45H54N4O13/c1-20-11-10-12-21(2)43(57)48-34-29(19-47-49-44(58)27-13-15-28(46)16-14-27)38(54)31-32(39(34)55)37(53)25(6)41-33(31)42(56)45(8,62-41)60-18-17-30(59-9)22(3)40(61-26(7)50)24(5)36(52)23(4)35(20)51/h10-20,22-24,30,35-36,40,51-55H,46H2,1-9H3,(H,48,57)(H,49,58)/b11-10+,18-17+,21-12-,47-19+/t20-,22+,23+,24+,30-,35-,36+,40+,45-/m0/s1. The molecule has 17 heteroatoms. The molecule has 3 aromatic rings. The number of nitrogen functional groups attached to an aromatic ring is 1. The number of phenols is 3. The van der Waals surface area contributed by atoms with Crippen molar-refractivity contribution in [2.75, 3.05) is 18.2 Å². The van der Waals surface area contributed by atoms with Crippen molar-refractivity contribution in [2.24, 2.45) is 28.8 Å². The number of hydrazone groups is 1. The van der Waals surface area contributed by atoms with E-state index in [2.05, 4.69) is 15.8 Å². The lowest BCUT2D eigenvalue weighted by Gasteiger charge is -2.38. The lowest BCUT2D eigenvalue weighted by molar-refractivity contribution is -0.160. The van der Waals surface area contributed by atoms with Crippen LogP contribution < -0.4 is 21.2 Å². The molecule has 9 atom stereocenters. The van der Waals surface area contributed by atoms with Gasteiger partial charge < -0.3 is 55.5 Å². The molecule has 0 saturated heterocycles. The number of anilines is 2. The Labute approximate surface area is 358 Å². The minimum Gasteiger partial charge on any atom is -0.507 e. The molecule has 3 aromatic carbocycles. The van der Waals surface area contributed by atoms with Crippen LogP contribution in [0.2, 0.25) is 0 Å². The number of carbonyl (C=O) groups excluding carboxylic acids is 4. The molecule has 9 N–H and O–H groups in total. The number of ether oxygens (including phenoxy) is 4. The summed E-state index contributed by atoms with van der Waals surface area (Å²) in [6, 6.07) is 5.93. The number of ketones is 1. The third kappa shape index (κ3) is 9.10. The van der Waals surface area contributed by atoms with Gasteiger partial charge in [-0.25, -0.2) is 5.43 Å². The van der Waals surface area contributed by atoms with Crippen LogP contribution >= 0.6 is 0 Å². The Morgan fingerprint density at radius 3 is 2.23 bits per heavy atom. The molecule has 2 amide bonds. The highest BCUT2D eigenvalue weighted by atomic mass is 16.7. The average Bonchev–Trinajstić information content (AvgIpc) is 3.50. The fraction of sp³-hybridized carbons (Fsp3) is 0.400. The largest absolute Gasteiger partial charge is 0.507 e. The van der Waals surface area contributed by atoms with E-state index in [0.717, 1.165) is 12.5 Å². The molecule has 332 valence electrons. The summed E-state index contributed by atoms with van der Waals surface area (Å²) in [6.07, 6.45) is 4.11. The maximum atomic E-state index is 14.4. The van der Waals surface area contributed by atoms with Crippen LogP contribution in [0.3, 0.4) is 0 Å². The second kappa shape index (κ2) is 18.7. The third-order valence-corrected chi connectivity index (χ3v) is 11.6. The van der Waals surface area contributed by atoms with Gasteiger partial charge in [-0.3, -0.25) is 19.2 Å². The molecule has 0 fully saturated rings. The van der Waals surface area contributed by atoms with Gasteiger partial charge in [-0.1, -0.05) is 45.9 Å². The highest BCUT2D eigenvalue weighted by Gasteiger charge is 2.50. The van der Waals surface area contributed by atoms with Crippen molar-refractivity contribution in [3.8, 4) is 23.0 Å². The zero-order valence-corrected chi connectivity index (χ0v) is 35.9. The Morgan fingerprint density at radius 2 is 1.60 bits per heavy atom. The molecular formula is C45H54N4O13. The monoisotopic (exact) mass is 858 g/mol. The number of esters is 1. The van der Waals surface area contributed by atoms with E-state index in [0.29, 0.717) is 5.69 Å². The number of nitrogens with one attached hydrogen (secondary N) is 2. The number of methoxy groups -OCH3 is 1. The fourth-order valence-corrected chi connectivity index (χ4v) is 7.73. The molecule has 5 bridgehead atoms. The number of nitrogens with two attached hydrogens (primary N) is 1. The van der Waals surface area contributed by atoms with Gasteiger partial charge in [-0.05, 0) is 44.2 Å². The van der Waals surface area contributed by atoms with Crippen molar-refractivity contribution in [2.45, 2.75) is 85.6 Å². The normalized spacial score (nSPS) is 29.0. The summed E-state index contributed by atoms with van der Waals surface area (Å²) in [6.45, 7) is 12.2. The van der Waals surface area contributed by atoms with Gasteiger partial charge in [0.05, 0.1) is 53.0 Å². The van der Waals surface area contributed by atoms with Crippen LogP contribution in [-0.4, -0.2) is 92.6 Å². The molecule has 62 heavy (non-hydrogen) atoms. The summed E-state index contributed by atoms with van der Waals surface area (Å²) >= 11 is 0. The Morgan fingerprint density at radius 1 is 0.935 bits per heavy atom. The topological polar surface area (TPSA) is 269 Å². The van der Waals surface area contributed by atoms with E-state index in [-0.39, 0.29) is 39.0 Å². The Balaban J connectivity index is 1.70. The molecule has 0 radical (unpaired) electrons. The maximum Gasteiger partial charge on any atom is 0.312 e. The van der Waals surface area contributed by atoms with E-state index >= 15 is 0 Å². The highest BCUT2D eigenvalue weighted by Crippen LogP contribution is 2.55. The number of hydrogen-bond donors (Lipinski definition) is 8. The van der Waals surface area contributed by atoms with Gasteiger partial charge in [0, 0.05) is 72.4 Å². The number of aromatic hydroxyl groups is 3. The highest BCUT2D eigenvalue weighted by molar-refractivity contribution is 6.24. The van der Waals surface area contributed by atoms with Crippen LogP contribution in [0, 0.1) is 30.6 Å². The maximum absolute atomic E-state index is 14.4. The predicted octanol–water partition coefficient (Wildman–Crippen LogP) is 5.10. The zero-order valence-electron chi connectivity index (χ0n) is 35.9. The van der Waals surface area contributed by atoms with E-state index in [4.69, 9.17) is 24.7 Å². The van der Waals surface area contributed by atoms with Gasteiger partial charge >= 0.3 is 11.8 Å². The minimum atomic E-state index is -2.12. The number of aliphatic hydroxyl groups is 2. The molecule has 0 aromatic heterocycles. The molecule has 3 heterocycles. The summed E-state index contributed by atoms with van der Waals surface area (Å²) in [4.78, 5) is 53.4. The number of benzene rings is 3. The molecule has 0 unspecified atom stereocenters. The number of aliphatic hydroxyl groups excluding tert-OH is 2. The first-order valence-corrected chi connectivity index (χ1v) is 19.9. The lowest BCUT2D eigenvalue weighted by Crippen LogP contribution is -2.46. The summed E-state index contributed by atoms with van der Waals surface area (Å²) < 4.78 is 23.5. The summed E-state index contributed by atoms with van der Waals surface area (Å²) in [7, 11) is 1.41. The molecule has 17 nitrogen and oxygen atoms in total. The van der Waals surface area contributed by atoms with Crippen molar-refractivity contribution >= 4 is 51.9 Å². The van der Waals surface area contributed by atoms with Crippen LogP contribution in [0.15, 0.2) is 65.5 Å². The third-order valence-electron chi connectivity index (χ3n) is 11.6. The van der Waals surface area contributed by atoms with E-state index in [1.165, 1.54) is 77.3 Å². The number of amides is 2. The number of hydrogen-bond acceptors (Lipinski definition) is 15. The van der Waals surface area contributed by atoms with Crippen molar-refractivity contribution in [1.29, 1.82) is 0 Å². The van der Waals surface area contributed by atoms with Crippen LogP contribution in [0.1, 0.15) is 80.3 Å². The Hall–Kier alpha value is -6.43. The van der Waals surface area contributed by atoms with Crippen molar-refractivity contribution in [3.63, 3.8) is 0 Å². The molecular weight excluding hydrogens is 805 g/mol. The Kier molecular flexibility index (Phi) is 14.0. The SMILES string of the molecule is CO[C@H]1/C=C/O[C@@]2(C)Oc3c(C)c(O)c4c(O)c(c(/C=N/NC(=O)c5ccc(N)cc5)c(O)c4c3C2=O)NC(=O)/C(C)=C\C=C\[C@H](C)[C@H](O)[C@@H](C)[C@@H](O)[C@@H](C)[C@H](OC(C)=O)[C@@H]1C. The van der Waals surface area contributed by atoms with Crippen molar-refractivity contribution < 1.29 is 63.7 Å². The van der Waals surface area contributed by atoms with Gasteiger partial charge in [0.1, 0.15) is 23.4 Å². The van der Waals surface area contributed by atoms with E-state index in [9.17, 15) is 44.7 Å². The van der Waals surface area contributed by atoms with Crippen molar-refractivity contribution in [3.05, 3.63) is 82.7 Å². The predicted molar refractivity (Wildman–Crippen MR) is 230 cm³/mol. The van der Waals surface area contributed by atoms with Crippen molar-refractivity contribution in [1.82, 2.24) is 5.43 Å². The Bertz CT molecular complexity index is 2370. The quantitative estimate of drug-likeness (QED) is 0.0415. The van der Waals surface area contributed by atoms with Crippen LogP contribution in [0.5, 0.6) is 23.0 Å². The van der Waals surface area contributed by atoms with E-state index in [1.54, 1.807) is 33.8 Å². The molecule has 0 spiro atoms.